The lowest BCUT2D eigenvalue weighted by molar-refractivity contribution is 0.269. The third kappa shape index (κ3) is 1.89. The number of aliphatic hydroxyl groups excluding tert-OH is 1. The molecule has 3 aromatic rings. The van der Waals surface area contributed by atoms with Gasteiger partial charge >= 0.3 is 0 Å². The first-order chi connectivity index (χ1) is 10.4. The molecule has 0 aliphatic carbocycles. The van der Waals surface area contributed by atoms with Crippen LogP contribution in [-0.4, -0.2) is 5.11 Å². The summed E-state index contributed by atoms with van der Waals surface area (Å²) in [4.78, 5) is 0. The van der Waals surface area contributed by atoms with Gasteiger partial charge in [-0.3, -0.25) is 0 Å². The average Bonchev–Trinajstić information content (AvgIpc) is 2.93. The lowest BCUT2D eigenvalue weighted by Crippen LogP contribution is -2.12. The fourth-order valence-electron chi connectivity index (χ4n) is 2.96. The van der Waals surface area contributed by atoms with Crippen molar-refractivity contribution >= 4 is 11.0 Å². The van der Waals surface area contributed by atoms with Crippen molar-refractivity contribution < 1.29 is 14.3 Å². The summed E-state index contributed by atoms with van der Waals surface area (Å²) in [6, 6.07) is 18.2. The molecule has 1 N–H and O–H groups in total. The topological polar surface area (TPSA) is 42.6 Å². The molecule has 0 fully saturated rings. The third-order valence-electron chi connectivity index (χ3n) is 3.92. The molecule has 3 nitrogen and oxygen atoms in total. The molecule has 1 atom stereocenters. The minimum atomic E-state index is 0.122. The van der Waals surface area contributed by atoms with Crippen molar-refractivity contribution in [3.05, 3.63) is 77.7 Å². The molecule has 0 amide bonds. The zero-order chi connectivity index (χ0) is 14.2. The van der Waals surface area contributed by atoms with E-state index in [0.29, 0.717) is 18.1 Å². The van der Waals surface area contributed by atoms with E-state index in [0.717, 1.165) is 22.8 Å². The second-order valence-corrected chi connectivity index (χ2v) is 5.16. The van der Waals surface area contributed by atoms with E-state index in [-0.39, 0.29) is 5.92 Å². The minimum absolute atomic E-state index is 0.122. The molecular weight excluding hydrogens is 264 g/mol. The van der Waals surface area contributed by atoms with E-state index in [1.54, 1.807) is 0 Å². The van der Waals surface area contributed by atoms with E-state index in [4.69, 9.17) is 9.15 Å². The molecule has 2 heterocycles. The fourth-order valence-corrected chi connectivity index (χ4v) is 2.96. The van der Waals surface area contributed by atoms with Crippen LogP contribution in [0.3, 0.4) is 0 Å². The lowest BCUT2D eigenvalue weighted by Gasteiger charge is -2.23. The first-order valence-corrected chi connectivity index (χ1v) is 6.94. The Hall–Kier alpha value is -2.68. The third-order valence-corrected chi connectivity index (χ3v) is 3.92. The quantitative estimate of drug-likeness (QED) is 0.653. The Morgan fingerprint density at radius 3 is 2.57 bits per heavy atom. The Morgan fingerprint density at radius 1 is 1.00 bits per heavy atom. The number of hydrogen-bond acceptors (Lipinski definition) is 3. The van der Waals surface area contributed by atoms with Crippen molar-refractivity contribution in [3.63, 3.8) is 0 Å². The second-order valence-electron chi connectivity index (χ2n) is 5.16. The molecule has 0 saturated heterocycles. The van der Waals surface area contributed by atoms with Gasteiger partial charge in [0.25, 0.3) is 5.95 Å². The van der Waals surface area contributed by atoms with E-state index in [9.17, 15) is 5.11 Å². The van der Waals surface area contributed by atoms with Crippen LogP contribution in [-0.2, 0) is 0 Å². The monoisotopic (exact) mass is 278 g/mol. The maximum atomic E-state index is 9.33. The minimum Gasteiger partial charge on any atom is -0.512 e. The van der Waals surface area contributed by atoms with Crippen molar-refractivity contribution in [2.24, 2.45) is 0 Å². The van der Waals surface area contributed by atoms with Crippen molar-refractivity contribution in [2.75, 3.05) is 0 Å². The van der Waals surface area contributed by atoms with Crippen LogP contribution in [0.15, 0.2) is 71.0 Å². The maximum absolute atomic E-state index is 9.33. The van der Waals surface area contributed by atoms with Gasteiger partial charge in [-0.1, -0.05) is 48.5 Å². The SMILES string of the molecule is O/C=C1/C[C@H](c2ccccc2)c2c(oc3ccccc23)O1. The van der Waals surface area contributed by atoms with E-state index in [1.807, 2.05) is 42.5 Å². The first kappa shape index (κ1) is 12.1. The van der Waals surface area contributed by atoms with E-state index in [1.165, 1.54) is 5.56 Å². The van der Waals surface area contributed by atoms with Gasteiger partial charge in [-0.05, 0) is 11.6 Å². The summed E-state index contributed by atoms with van der Waals surface area (Å²) in [5.41, 5.74) is 3.05. The highest BCUT2D eigenvalue weighted by Gasteiger charge is 2.31. The Labute approximate surface area is 122 Å². The molecule has 1 aliphatic rings. The Kier molecular flexibility index (Phi) is 2.71. The van der Waals surface area contributed by atoms with E-state index < -0.39 is 0 Å². The maximum Gasteiger partial charge on any atom is 0.294 e. The van der Waals surface area contributed by atoms with Crippen LogP contribution in [0.25, 0.3) is 11.0 Å². The van der Waals surface area contributed by atoms with Gasteiger partial charge in [0, 0.05) is 17.7 Å². The van der Waals surface area contributed by atoms with Gasteiger partial charge in [-0.15, -0.1) is 0 Å². The van der Waals surface area contributed by atoms with Gasteiger partial charge in [-0.25, -0.2) is 0 Å². The number of aliphatic hydroxyl groups is 1. The summed E-state index contributed by atoms with van der Waals surface area (Å²) >= 11 is 0. The van der Waals surface area contributed by atoms with Crippen LogP contribution >= 0.6 is 0 Å². The van der Waals surface area contributed by atoms with Crippen LogP contribution in [0, 0.1) is 0 Å². The van der Waals surface area contributed by atoms with Crippen molar-refractivity contribution in [2.45, 2.75) is 12.3 Å². The molecule has 0 saturated carbocycles. The molecule has 0 spiro atoms. The van der Waals surface area contributed by atoms with Gasteiger partial charge < -0.3 is 14.3 Å². The highest BCUT2D eigenvalue weighted by Crippen LogP contribution is 2.47. The molecule has 3 heteroatoms. The van der Waals surface area contributed by atoms with Gasteiger partial charge in [-0.2, -0.15) is 0 Å². The summed E-state index contributed by atoms with van der Waals surface area (Å²) in [6.07, 6.45) is 1.64. The molecule has 1 aromatic heterocycles. The number of hydrogen-bond donors (Lipinski definition) is 1. The summed E-state index contributed by atoms with van der Waals surface area (Å²) in [5.74, 6) is 1.13. The molecule has 1 aliphatic heterocycles. The second kappa shape index (κ2) is 4.70. The fraction of sp³-hybridized carbons (Fsp3) is 0.111. The van der Waals surface area contributed by atoms with E-state index >= 15 is 0 Å². The Balaban J connectivity index is 1.96. The number of rotatable bonds is 1. The van der Waals surface area contributed by atoms with Crippen LogP contribution in [0.1, 0.15) is 23.5 Å². The molecule has 2 aromatic carbocycles. The Bertz CT molecular complexity index is 815. The summed E-state index contributed by atoms with van der Waals surface area (Å²) < 4.78 is 11.5. The largest absolute Gasteiger partial charge is 0.512 e. The molecule has 0 bridgehead atoms. The number of fused-ring (bicyclic) bond motifs is 3. The molecule has 21 heavy (non-hydrogen) atoms. The average molecular weight is 278 g/mol. The zero-order valence-corrected chi connectivity index (χ0v) is 11.3. The lowest BCUT2D eigenvalue weighted by atomic mass is 9.86. The van der Waals surface area contributed by atoms with Gasteiger partial charge in [0.05, 0.1) is 5.56 Å². The number of allylic oxidation sites excluding steroid dienone is 1. The number of ether oxygens (including phenoxy) is 1. The Morgan fingerprint density at radius 2 is 1.76 bits per heavy atom. The normalized spacial score (nSPS) is 19.4. The predicted molar refractivity (Wildman–Crippen MR) is 80.5 cm³/mol. The van der Waals surface area contributed by atoms with Gasteiger partial charge in [0.15, 0.2) is 0 Å². The van der Waals surface area contributed by atoms with Crippen LogP contribution in [0.5, 0.6) is 5.95 Å². The smallest absolute Gasteiger partial charge is 0.294 e. The van der Waals surface area contributed by atoms with Crippen molar-refractivity contribution in [1.82, 2.24) is 0 Å². The summed E-state index contributed by atoms with van der Waals surface area (Å²) in [6.45, 7) is 0. The van der Waals surface area contributed by atoms with Crippen LogP contribution < -0.4 is 4.74 Å². The molecule has 104 valence electrons. The number of benzene rings is 2. The van der Waals surface area contributed by atoms with Crippen LogP contribution in [0.2, 0.25) is 0 Å². The van der Waals surface area contributed by atoms with Crippen molar-refractivity contribution in [3.8, 4) is 5.95 Å². The standard InChI is InChI=1S/C18H14O3/c19-11-13-10-15(12-6-2-1-3-7-12)17-14-8-4-5-9-16(14)21-18(17)20-13/h1-9,11,15,19H,10H2/b13-11-/t15-/m1/s1. The molecule has 0 unspecified atom stereocenters. The van der Waals surface area contributed by atoms with E-state index in [2.05, 4.69) is 12.1 Å². The predicted octanol–water partition coefficient (Wildman–Crippen LogP) is 4.75. The summed E-state index contributed by atoms with van der Waals surface area (Å²) in [7, 11) is 0. The summed E-state index contributed by atoms with van der Waals surface area (Å²) in [5, 5.41) is 10.4. The van der Waals surface area contributed by atoms with Crippen LogP contribution in [0.4, 0.5) is 0 Å². The molecular formula is C18H14O3. The highest BCUT2D eigenvalue weighted by atomic mass is 16.6. The van der Waals surface area contributed by atoms with Gasteiger partial charge in [0.1, 0.15) is 17.6 Å². The first-order valence-electron chi connectivity index (χ1n) is 6.94. The number of furan rings is 1. The molecule has 4 rings (SSSR count). The number of para-hydroxylation sites is 1. The molecule has 0 radical (unpaired) electrons. The zero-order valence-electron chi connectivity index (χ0n) is 11.3. The highest BCUT2D eigenvalue weighted by molar-refractivity contribution is 5.85. The van der Waals surface area contributed by atoms with Gasteiger partial charge in [0.2, 0.25) is 0 Å². The van der Waals surface area contributed by atoms with Crippen molar-refractivity contribution in [1.29, 1.82) is 0 Å².